The smallest absolute Gasteiger partial charge is 0.169 e. The van der Waals surface area contributed by atoms with E-state index in [1.807, 2.05) is 0 Å². The lowest BCUT2D eigenvalue weighted by atomic mass is 10.1. The fourth-order valence-electron chi connectivity index (χ4n) is 2.16. The number of ether oxygens (including phenoxy) is 1. The van der Waals surface area contributed by atoms with Gasteiger partial charge in [0.25, 0.3) is 0 Å². The largest absolute Gasteiger partial charge is 0.383 e. The molecule has 0 aliphatic carbocycles. The van der Waals surface area contributed by atoms with Gasteiger partial charge in [0.1, 0.15) is 0 Å². The minimum absolute atomic E-state index is 0.285. The summed E-state index contributed by atoms with van der Waals surface area (Å²) < 4.78 is 5.10. The average Bonchev–Trinajstić information content (AvgIpc) is 2.43. The van der Waals surface area contributed by atoms with E-state index in [-0.39, 0.29) is 6.04 Å². The number of rotatable bonds is 3. The highest BCUT2D eigenvalue weighted by atomic mass is 32.1. The summed E-state index contributed by atoms with van der Waals surface area (Å²) in [5.41, 5.74) is 0. The molecule has 0 amide bonds. The molecule has 1 rings (SSSR count). The number of hydrogen-bond donors (Lipinski definition) is 1. The van der Waals surface area contributed by atoms with E-state index < -0.39 is 0 Å². The fourth-order valence-corrected chi connectivity index (χ4v) is 2.63. The molecule has 1 heterocycles. The number of nitrogens with zero attached hydrogens (tertiary/aromatic N) is 1. The Bertz CT molecular complexity index is 223. The topological polar surface area (TPSA) is 24.5 Å². The van der Waals surface area contributed by atoms with E-state index in [2.05, 4.69) is 24.1 Å². The minimum Gasteiger partial charge on any atom is -0.383 e. The van der Waals surface area contributed by atoms with Crippen molar-refractivity contribution in [1.82, 2.24) is 10.2 Å². The Morgan fingerprint density at radius 3 is 2.94 bits per heavy atom. The van der Waals surface area contributed by atoms with Crippen molar-refractivity contribution in [2.75, 3.05) is 20.3 Å². The Hall–Kier alpha value is -0.350. The molecular formula is C12H24N2OS. The van der Waals surface area contributed by atoms with E-state index in [4.69, 9.17) is 17.0 Å². The molecule has 1 saturated heterocycles. The second-order valence-corrected chi connectivity index (χ2v) is 5.08. The van der Waals surface area contributed by atoms with Gasteiger partial charge in [-0.25, -0.2) is 0 Å². The Kier molecular flexibility index (Phi) is 6.06. The maximum absolute atomic E-state index is 5.46. The van der Waals surface area contributed by atoms with Gasteiger partial charge in [-0.2, -0.15) is 0 Å². The second-order valence-electron chi connectivity index (χ2n) is 4.70. The van der Waals surface area contributed by atoms with Crippen LogP contribution < -0.4 is 5.32 Å². The summed E-state index contributed by atoms with van der Waals surface area (Å²) in [7, 11) is 1.72. The van der Waals surface area contributed by atoms with Gasteiger partial charge in [-0.1, -0.05) is 12.8 Å². The lowest BCUT2D eigenvalue weighted by Crippen LogP contribution is -2.48. The van der Waals surface area contributed by atoms with Gasteiger partial charge in [-0.15, -0.1) is 0 Å². The molecule has 3 nitrogen and oxygen atoms in total. The van der Waals surface area contributed by atoms with Gasteiger partial charge in [0, 0.05) is 25.7 Å². The standard InChI is InChI=1S/C12H24N2OS/c1-10(9-15-3)13-12(16)14-8-6-4-5-7-11(14)2/h10-11H,4-9H2,1-3H3,(H,13,16). The van der Waals surface area contributed by atoms with Gasteiger partial charge in [0.2, 0.25) is 0 Å². The van der Waals surface area contributed by atoms with Gasteiger partial charge in [-0.05, 0) is 38.9 Å². The summed E-state index contributed by atoms with van der Waals surface area (Å²) in [4.78, 5) is 2.33. The molecule has 0 radical (unpaired) electrons. The molecule has 1 aliphatic heterocycles. The van der Waals surface area contributed by atoms with Gasteiger partial charge in [-0.3, -0.25) is 0 Å². The first-order valence-electron chi connectivity index (χ1n) is 6.21. The van der Waals surface area contributed by atoms with Crippen LogP contribution in [0.25, 0.3) is 0 Å². The zero-order chi connectivity index (χ0) is 12.0. The highest BCUT2D eigenvalue weighted by molar-refractivity contribution is 7.80. The van der Waals surface area contributed by atoms with Crippen molar-refractivity contribution < 1.29 is 4.74 Å². The molecule has 1 fully saturated rings. The molecule has 1 N–H and O–H groups in total. The summed E-state index contributed by atoms with van der Waals surface area (Å²) in [5.74, 6) is 0. The third-order valence-electron chi connectivity index (χ3n) is 3.10. The lowest BCUT2D eigenvalue weighted by Gasteiger charge is -2.31. The molecule has 0 aromatic heterocycles. The first kappa shape index (κ1) is 13.7. The number of thiocarbonyl (C=S) groups is 1. The molecule has 0 aromatic rings. The van der Waals surface area contributed by atoms with Crippen LogP contribution >= 0.6 is 12.2 Å². The average molecular weight is 244 g/mol. The number of hydrogen-bond acceptors (Lipinski definition) is 2. The van der Waals surface area contributed by atoms with Crippen molar-refractivity contribution in [2.45, 2.75) is 51.6 Å². The maximum atomic E-state index is 5.46. The van der Waals surface area contributed by atoms with Crippen LogP contribution in [0.4, 0.5) is 0 Å². The second kappa shape index (κ2) is 7.07. The van der Waals surface area contributed by atoms with Crippen molar-refractivity contribution in [3.05, 3.63) is 0 Å². The van der Waals surface area contributed by atoms with Crippen LogP contribution in [0.1, 0.15) is 39.5 Å². The number of likely N-dealkylation sites (tertiary alicyclic amines) is 1. The maximum Gasteiger partial charge on any atom is 0.169 e. The predicted molar refractivity (Wildman–Crippen MR) is 71.7 cm³/mol. The van der Waals surface area contributed by atoms with Crippen molar-refractivity contribution in [3.63, 3.8) is 0 Å². The summed E-state index contributed by atoms with van der Waals surface area (Å²) >= 11 is 5.46. The van der Waals surface area contributed by atoms with Crippen LogP contribution in [0.2, 0.25) is 0 Å². The molecule has 2 unspecified atom stereocenters. The summed E-state index contributed by atoms with van der Waals surface area (Å²) in [6, 6.07) is 0.852. The molecule has 94 valence electrons. The highest BCUT2D eigenvalue weighted by Crippen LogP contribution is 2.16. The Labute approximate surface area is 105 Å². The van der Waals surface area contributed by atoms with Gasteiger partial charge in [0.15, 0.2) is 5.11 Å². The van der Waals surface area contributed by atoms with Crippen LogP contribution in [0.3, 0.4) is 0 Å². The summed E-state index contributed by atoms with van der Waals surface area (Å²) in [5, 5.41) is 4.23. The third kappa shape index (κ3) is 4.26. The van der Waals surface area contributed by atoms with Crippen LogP contribution in [0.5, 0.6) is 0 Å². The van der Waals surface area contributed by atoms with E-state index in [0.29, 0.717) is 12.6 Å². The quantitative estimate of drug-likeness (QED) is 0.769. The summed E-state index contributed by atoms with van der Waals surface area (Å²) in [6.45, 7) is 6.15. The molecule has 1 aliphatic rings. The molecular weight excluding hydrogens is 220 g/mol. The SMILES string of the molecule is COCC(C)NC(=S)N1CCCCCC1C. The first-order chi connectivity index (χ1) is 7.65. The van der Waals surface area contributed by atoms with Crippen LogP contribution in [-0.4, -0.2) is 42.4 Å². The van der Waals surface area contributed by atoms with E-state index in [9.17, 15) is 0 Å². The lowest BCUT2D eigenvalue weighted by molar-refractivity contribution is 0.177. The Balaban J connectivity index is 2.44. The highest BCUT2D eigenvalue weighted by Gasteiger charge is 2.19. The van der Waals surface area contributed by atoms with Gasteiger partial charge in [0.05, 0.1) is 6.61 Å². The summed E-state index contributed by atoms with van der Waals surface area (Å²) in [6.07, 6.45) is 5.16. The molecule has 0 saturated carbocycles. The Morgan fingerprint density at radius 2 is 2.25 bits per heavy atom. The zero-order valence-electron chi connectivity index (χ0n) is 10.7. The zero-order valence-corrected chi connectivity index (χ0v) is 11.5. The van der Waals surface area contributed by atoms with Crippen molar-refractivity contribution in [1.29, 1.82) is 0 Å². The molecule has 2 atom stereocenters. The normalized spacial score (nSPS) is 23.7. The van der Waals surface area contributed by atoms with Gasteiger partial charge < -0.3 is 15.0 Å². The van der Waals surface area contributed by atoms with E-state index in [1.165, 1.54) is 25.7 Å². The molecule has 0 bridgehead atoms. The molecule has 4 heteroatoms. The number of methoxy groups -OCH3 is 1. The molecule has 0 aromatic carbocycles. The van der Waals surface area contributed by atoms with Crippen molar-refractivity contribution in [3.8, 4) is 0 Å². The molecule has 16 heavy (non-hydrogen) atoms. The Morgan fingerprint density at radius 1 is 1.50 bits per heavy atom. The number of nitrogens with one attached hydrogen (secondary N) is 1. The van der Waals surface area contributed by atoms with Crippen LogP contribution in [0, 0.1) is 0 Å². The minimum atomic E-state index is 0.285. The van der Waals surface area contributed by atoms with E-state index >= 15 is 0 Å². The fraction of sp³-hybridized carbons (Fsp3) is 0.917. The monoisotopic (exact) mass is 244 g/mol. The van der Waals surface area contributed by atoms with Gasteiger partial charge >= 0.3 is 0 Å². The predicted octanol–water partition coefficient (Wildman–Crippen LogP) is 2.16. The van der Waals surface area contributed by atoms with Crippen LogP contribution in [0.15, 0.2) is 0 Å². The molecule has 0 spiro atoms. The first-order valence-corrected chi connectivity index (χ1v) is 6.62. The van der Waals surface area contributed by atoms with E-state index in [1.54, 1.807) is 7.11 Å². The third-order valence-corrected chi connectivity index (χ3v) is 3.45. The van der Waals surface area contributed by atoms with E-state index in [0.717, 1.165) is 11.7 Å². The van der Waals surface area contributed by atoms with Crippen molar-refractivity contribution >= 4 is 17.3 Å². The van der Waals surface area contributed by atoms with Crippen LogP contribution in [-0.2, 0) is 4.74 Å². The van der Waals surface area contributed by atoms with Crippen molar-refractivity contribution in [2.24, 2.45) is 0 Å².